The molecule has 0 radical (unpaired) electrons. The van der Waals surface area contributed by atoms with Gasteiger partial charge in [0, 0.05) is 37.3 Å². The van der Waals surface area contributed by atoms with Crippen LogP contribution in [-0.2, 0) is 42.9 Å². The molecule has 4 aromatic heterocycles. The van der Waals surface area contributed by atoms with E-state index in [1.165, 1.54) is 28.4 Å². The average molecular weight is 1770 g/mol. The van der Waals surface area contributed by atoms with Gasteiger partial charge in [0.1, 0.15) is 53.1 Å². The Hall–Kier alpha value is -14.1. The highest BCUT2D eigenvalue weighted by atomic mass is 16.6. The lowest BCUT2D eigenvalue weighted by atomic mass is 9.98. The first-order valence-corrected chi connectivity index (χ1v) is 44.1. The summed E-state index contributed by atoms with van der Waals surface area (Å²) in [6.07, 6.45) is 11.8. The van der Waals surface area contributed by atoms with Crippen LogP contribution in [0.5, 0.6) is 0 Å². The van der Waals surface area contributed by atoms with Crippen molar-refractivity contribution < 1.29 is 71.9 Å². The number of carbonyl (C=O) groups is 9. The number of carboxylic acids is 1. The maximum absolute atomic E-state index is 13.9. The molecular formula is C97H112N18O15. The molecule has 2 spiro atoms. The van der Waals surface area contributed by atoms with Crippen molar-refractivity contribution in [2.45, 2.75) is 180 Å². The standard InChI is InChI=1S/C46H51N9O6.C45H50N8O5.C6H11NO4/c1-6-34(52-44(58)60-4)42(56)54-24-27(21-47)17-37(54)40-48-23-36(51-40)33-14-13-31-18-30(11-12-32(31)19-33)28-7-9-29(10-8-28)35-22-49-41(50-35)38-20-46(15-16-46)25-55(38)43(57)39(26(2)3)53-45(59)61-5;1-26(2)38(51-42(55)57-6)41(54)53-25-45(15-16-45)20-37(53)40-48-22-34(49-40)29-9-7-28(8-10-29)30-11-12-32-19-33(14-13-31(32)18-30)35-23-47-39(50-35)36-17-27(21-46)24-52(36)43(56)58-44(3,4)5;1-3-4(5(8)9)7-6(10)11-2/h7-14,18-19,22-23,26-27,34,37-39H,6,15-17,20,24-25H2,1-5H3,(H,48,51)(H,49,50)(H,52,58)(H,53,59);7-14,18-19,22-23,26-27,36-38H,15-17,20,24-25H2,1-6H3,(H,47,50)(H,48,49)(H,51,55);4H,3H2,1-2H3,(H,7,10)(H,8,9)/t27-,34+,37+,38+,39+;27-,36+,37+,38+;4-/m110/s1. The fourth-order valence-electron chi connectivity index (χ4n) is 17.8. The van der Waals surface area contributed by atoms with Crippen LogP contribution in [0.1, 0.15) is 174 Å². The van der Waals surface area contributed by atoms with E-state index in [0.29, 0.717) is 57.0 Å². The van der Waals surface area contributed by atoms with Gasteiger partial charge in [0.05, 0.1) is 124 Å². The number of rotatable bonds is 22. The Labute approximate surface area is 753 Å². The molecule has 6 aromatic carbocycles. The zero-order valence-corrected chi connectivity index (χ0v) is 75.3. The third kappa shape index (κ3) is 20.7. The summed E-state index contributed by atoms with van der Waals surface area (Å²) in [6.45, 7) is 18.5. The Bertz CT molecular complexity index is 5950. The lowest BCUT2D eigenvalue weighted by molar-refractivity contribution is -0.139. The normalized spacial score (nSPS) is 19.5. The van der Waals surface area contributed by atoms with Crippen LogP contribution in [0.3, 0.4) is 0 Å². The van der Waals surface area contributed by atoms with Crippen LogP contribution in [0.25, 0.3) is 88.8 Å². The number of H-pyrrole nitrogens is 4. The number of carboxylic acid groups (broad SMARTS) is 1. The number of imidazole rings is 4. The van der Waals surface area contributed by atoms with Crippen LogP contribution < -0.4 is 21.3 Å². The van der Waals surface area contributed by atoms with Gasteiger partial charge in [-0.05, 0) is 187 Å². The van der Waals surface area contributed by atoms with E-state index in [1.807, 2.05) is 83.6 Å². The van der Waals surface area contributed by atoms with Gasteiger partial charge in [0.25, 0.3) is 0 Å². The third-order valence-corrected chi connectivity index (χ3v) is 25.5. The second kappa shape index (κ2) is 38.8. The highest BCUT2D eigenvalue weighted by Crippen LogP contribution is 2.60. The van der Waals surface area contributed by atoms with Crippen molar-refractivity contribution in [2.75, 3.05) is 54.6 Å². The fourth-order valence-corrected chi connectivity index (χ4v) is 17.8. The third-order valence-electron chi connectivity index (χ3n) is 25.5. The van der Waals surface area contributed by atoms with Gasteiger partial charge in [0.15, 0.2) is 0 Å². The first kappa shape index (κ1) is 92.1. The summed E-state index contributed by atoms with van der Waals surface area (Å²) in [5, 5.41) is 42.4. The minimum Gasteiger partial charge on any atom is -0.480 e. The number of methoxy groups -OCH3 is 4. The van der Waals surface area contributed by atoms with Crippen LogP contribution in [-0.4, -0.2) is 203 Å². The summed E-state index contributed by atoms with van der Waals surface area (Å²) < 4.78 is 24.2. The second-order valence-electron chi connectivity index (χ2n) is 36.3. The molecule has 4 saturated heterocycles. The number of aromatic amines is 4. The van der Waals surface area contributed by atoms with Gasteiger partial charge < -0.3 is 84.7 Å². The number of nitrogens with zero attached hydrogens (tertiary/aromatic N) is 10. The quantitative estimate of drug-likeness (QED) is 0.0285. The first-order valence-electron chi connectivity index (χ1n) is 44.1. The Balaban J connectivity index is 0.000000188. The number of hydrogen-bond donors (Lipinski definition) is 9. The molecule has 6 fully saturated rings. The van der Waals surface area contributed by atoms with E-state index in [2.05, 4.69) is 183 Å². The van der Waals surface area contributed by atoms with E-state index >= 15 is 0 Å². The molecular weight excluding hydrogens is 1660 g/mol. The number of benzene rings is 6. The van der Waals surface area contributed by atoms with Crippen LogP contribution >= 0.6 is 0 Å². The molecule has 2 saturated carbocycles. The number of nitrogens with one attached hydrogen (secondary N) is 8. The molecule has 10 atom stereocenters. The van der Waals surface area contributed by atoms with E-state index < -0.39 is 72.2 Å². The summed E-state index contributed by atoms with van der Waals surface area (Å²) in [7, 11) is 5.04. The molecule has 16 rings (SSSR count). The monoisotopic (exact) mass is 1770 g/mol. The highest BCUT2D eigenvalue weighted by molar-refractivity contribution is 5.94. The van der Waals surface area contributed by atoms with Crippen molar-refractivity contribution in [3.8, 4) is 79.4 Å². The molecule has 9 N–H and O–H groups in total. The summed E-state index contributed by atoms with van der Waals surface area (Å²) in [6, 6.07) is 42.3. The predicted octanol–water partition coefficient (Wildman–Crippen LogP) is 16.0. The Morgan fingerprint density at radius 3 is 1.09 bits per heavy atom. The number of aromatic nitrogens is 8. The molecule has 10 aromatic rings. The van der Waals surface area contributed by atoms with E-state index in [1.54, 1.807) is 29.1 Å². The molecule has 4 aliphatic heterocycles. The van der Waals surface area contributed by atoms with Crippen molar-refractivity contribution in [1.29, 1.82) is 10.5 Å². The summed E-state index contributed by atoms with van der Waals surface area (Å²) in [4.78, 5) is 151. The van der Waals surface area contributed by atoms with Crippen molar-refractivity contribution in [3.63, 3.8) is 0 Å². The number of carbonyl (C=O) groups excluding carboxylic acids is 8. The summed E-state index contributed by atoms with van der Waals surface area (Å²) >= 11 is 0. The van der Waals surface area contributed by atoms with Gasteiger partial charge in [-0.2, -0.15) is 10.5 Å². The van der Waals surface area contributed by atoms with Crippen LogP contribution in [0.4, 0.5) is 24.0 Å². The van der Waals surface area contributed by atoms with Crippen LogP contribution in [0, 0.1) is 57.2 Å². The predicted molar refractivity (Wildman–Crippen MR) is 483 cm³/mol. The van der Waals surface area contributed by atoms with Gasteiger partial charge in [-0.3, -0.25) is 19.3 Å². The Morgan fingerprint density at radius 1 is 0.438 bits per heavy atom. The molecule has 2 aliphatic carbocycles. The topological polar surface area (TPSA) is 443 Å². The number of alkyl carbamates (subject to hydrolysis) is 4. The largest absolute Gasteiger partial charge is 0.480 e. The number of fused-ring (bicyclic) bond motifs is 2. The molecule has 33 nitrogen and oxygen atoms in total. The number of likely N-dealkylation sites (tertiary alicyclic amines) is 4. The van der Waals surface area contributed by atoms with Gasteiger partial charge in [-0.25, -0.2) is 48.7 Å². The molecule has 6 aliphatic rings. The van der Waals surface area contributed by atoms with E-state index in [-0.39, 0.29) is 76.9 Å². The van der Waals surface area contributed by atoms with Crippen molar-refractivity contribution >= 4 is 75.7 Å². The van der Waals surface area contributed by atoms with Gasteiger partial charge in [0.2, 0.25) is 17.7 Å². The molecule has 0 unspecified atom stereocenters. The lowest BCUT2D eigenvalue weighted by Gasteiger charge is -2.30. The lowest BCUT2D eigenvalue weighted by Crippen LogP contribution is -2.51. The van der Waals surface area contributed by atoms with Gasteiger partial charge in [-0.1, -0.05) is 139 Å². The number of nitriles is 2. The average Bonchev–Trinajstić information content (AvgIpc) is 1.58. The number of aliphatic carboxylic acids is 1. The Morgan fingerprint density at radius 2 is 0.754 bits per heavy atom. The maximum Gasteiger partial charge on any atom is 0.410 e. The fraction of sp³-hybridized carbons (Fsp3) is 0.433. The molecule has 0 bridgehead atoms. The number of amides is 8. The van der Waals surface area contributed by atoms with E-state index in [4.69, 9.17) is 34.0 Å². The van der Waals surface area contributed by atoms with Crippen LogP contribution in [0.2, 0.25) is 0 Å². The van der Waals surface area contributed by atoms with E-state index in [9.17, 15) is 53.7 Å². The molecule has 680 valence electrons. The van der Waals surface area contributed by atoms with Gasteiger partial charge >= 0.3 is 36.4 Å². The zero-order valence-electron chi connectivity index (χ0n) is 75.3. The minimum atomic E-state index is -1.06. The van der Waals surface area contributed by atoms with Crippen molar-refractivity contribution in [1.82, 2.24) is 80.7 Å². The van der Waals surface area contributed by atoms with Crippen molar-refractivity contribution in [3.05, 3.63) is 169 Å². The zero-order chi connectivity index (χ0) is 92.8. The SMILES string of the molecule is CC[C@H](NC(=O)OC)C(=O)N1C[C@@H](C#N)C[C@H]1c1ncc(-c2ccc3cc(-c4ccc(-c5cnc([C@@H]6CC7(CC7)CN6C(=O)[C@@H](NC(=O)OC)C(C)C)[nH]5)cc4)ccc3c2)[nH]1.CC[C@H](NC(=O)OC)C(=O)O.COC(=O)N[C@H](C(=O)N1CC2(CC2)C[C@H]1c1ncc(-c2ccc(-c3ccc4cc(-c5cnc([C@@H]6C[C@H](C#N)CN6C(=O)OC(C)(C)C)[nH]5)ccc4c3)cc2)[nH]1)C(C)C. The highest BCUT2D eigenvalue weighted by Gasteiger charge is 2.57. The second-order valence-corrected chi connectivity index (χ2v) is 36.3. The first-order chi connectivity index (χ1) is 62.3. The maximum atomic E-state index is 13.9. The molecule has 33 heteroatoms. The van der Waals surface area contributed by atoms with Crippen LogP contribution in [0.15, 0.2) is 146 Å². The Kier molecular flexibility index (Phi) is 27.5. The molecule has 8 amide bonds. The molecule has 130 heavy (non-hydrogen) atoms. The van der Waals surface area contributed by atoms with E-state index in [0.717, 1.165) is 139 Å². The van der Waals surface area contributed by atoms with Crippen molar-refractivity contribution in [2.24, 2.45) is 34.5 Å². The molecule has 8 heterocycles. The smallest absolute Gasteiger partial charge is 0.410 e. The summed E-state index contributed by atoms with van der Waals surface area (Å²) in [5.41, 5.74) is 11.1. The summed E-state index contributed by atoms with van der Waals surface area (Å²) in [5.74, 6) is 0.302. The number of ether oxygens (including phenoxy) is 5. The van der Waals surface area contributed by atoms with Gasteiger partial charge in [-0.15, -0.1) is 0 Å². The number of hydrogen-bond acceptors (Lipinski definition) is 20. The minimum absolute atomic E-state index is 0.104.